The number of carbonyl (C=O) groups excluding carboxylic acids is 1. The highest BCUT2D eigenvalue weighted by Gasteiger charge is 2.32. The Morgan fingerprint density at radius 3 is 2.70 bits per heavy atom. The van der Waals surface area contributed by atoms with Gasteiger partial charge in [-0.05, 0) is 43.2 Å². The zero-order valence-electron chi connectivity index (χ0n) is 16.6. The predicted molar refractivity (Wildman–Crippen MR) is 113 cm³/mol. The summed E-state index contributed by atoms with van der Waals surface area (Å²) in [5.41, 5.74) is 2.85. The molecule has 7 nitrogen and oxygen atoms in total. The Bertz CT molecular complexity index is 1010. The number of benzene rings is 1. The molecule has 0 saturated heterocycles. The molecule has 2 heterocycles. The van der Waals surface area contributed by atoms with Crippen molar-refractivity contribution < 1.29 is 18.4 Å². The fourth-order valence-corrected chi connectivity index (χ4v) is 3.22. The van der Waals surface area contributed by atoms with Crippen LogP contribution >= 0.6 is 12.4 Å². The number of ether oxygens (including phenoxy) is 1. The molecule has 9 heteroatoms. The van der Waals surface area contributed by atoms with Gasteiger partial charge in [0.15, 0.2) is 0 Å². The molecule has 0 aliphatic heterocycles. The molecule has 0 unspecified atom stereocenters. The van der Waals surface area contributed by atoms with Crippen LogP contribution < -0.4 is 10.6 Å². The summed E-state index contributed by atoms with van der Waals surface area (Å²) in [5.74, 6) is -0.221. The van der Waals surface area contributed by atoms with Gasteiger partial charge in [-0.25, -0.2) is 9.37 Å². The first-order valence-electron chi connectivity index (χ1n) is 9.71. The number of fused-ring (bicyclic) bond motifs is 1. The molecule has 0 spiro atoms. The van der Waals surface area contributed by atoms with Crippen molar-refractivity contribution in [2.24, 2.45) is 0 Å². The number of methoxy groups -OCH3 is 1. The van der Waals surface area contributed by atoms with E-state index in [0.29, 0.717) is 53.5 Å². The first-order valence-corrected chi connectivity index (χ1v) is 9.71. The fourth-order valence-electron chi connectivity index (χ4n) is 3.22. The topological polar surface area (TPSA) is 89.3 Å². The molecule has 160 valence electrons. The Morgan fingerprint density at radius 1 is 1.23 bits per heavy atom. The Morgan fingerprint density at radius 2 is 2.00 bits per heavy atom. The number of rotatable bonds is 9. The van der Waals surface area contributed by atoms with E-state index in [1.54, 1.807) is 25.3 Å². The molecule has 2 aromatic heterocycles. The summed E-state index contributed by atoms with van der Waals surface area (Å²) < 4.78 is 23.7. The second-order valence-electron chi connectivity index (χ2n) is 7.08. The summed E-state index contributed by atoms with van der Waals surface area (Å²) in [7, 11) is 1.65. The van der Waals surface area contributed by atoms with E-state index in [0.717, 1.165) is 25.1 Å². The minimum Gasteiger partial charge on any atom is -0.383 e. The van der Waals surface area contributed by atoms with Crippen molar-refractivity contribution in [1.82, 2.24) is 20.8 Å². The van der Waals surface area contributed by atoms with Crippen molar-refractivity contribution in [1.29, 1.82) is 0 Å². The van der Waals surface area contributed by atoms with Crippen LogP contribution in [0.15, 0.2) is 34.9 Å². The molecule has 1 aromatic carbocycles. The number of hydrogen-bond donors (Lipinski definition) is 2. The van der Waals surface area contributed by atoms with E-state index in [4.69, 9.17) is 9.26 Å². The second-order valence-corrected chi connectivity index (χ2v) is 7.08. The Labute approximate surface area is 179 Å². The molecule has 0 bridgehead atoms. The van der Waals surface area contributed by atoms with Gasteiger partial charge in [0.05, 0.1) is 28.9 Å². The number of pyridine rings is 1. The van der Waals surface area contributed by atoms with Crippen molar-refractivity contribution >= 4 is 29.4 Å². The van der Waals surface area contributed by atoms with Gasteiger partial charge in [-0.2, -0.15) is 0 Å². The van der Waals surface area contributed by atoms with E-state index in [2.05, 4.69) is 20.8 Å². The van der Waals surface area contributed by atoms with Crippen molar-refractivity contribution in [3.63, 3.8) is 0 Å². The van der Waals surface area contributed by atoms with Crippen LogP contribution in [0.25, 0.3) is 22.4 Å². The van der Waals surface area contributed by atoms with Gasteiger partial charge in [0.25, 0.3) is 11.6 Å². The Kier molecular flexibility index (Phi) is 7.36. The maximum Gasteiger partial charge on any atom is 0.259 e. The van der Waals surface area contributed by atoms with Gasteiger partial charge in [-0.15, -0.1) is 12.4 Å². The third-order valence-corrected chi connectivity index (χ3v) is 4.89. The highest BCUT2D eigenvalue weighted by atomic mass is 35.5. The number of halogens is 2. The zero-order valence-corrected chi connectivity index (χ0v) is 17.4. The zero-order chi connectivity index (χ0) is 20.2. The molecular weight excluding hydrogens is 411 g/mol. The van der Waals surface area contributed by atoms with Crippen molar-refractivity contribution in [2.75, 3.05) is 33.4 Å². The van der Waals surface area contributed by atoms with Gasteiger partial charge in [0.1, 0.15) is 5.82 Å². The molecule has 1 saturated carbocycles. The highest BCUT2D eigenvalue weighted by Crippen LogP contribution is 2.43. The smallest absolute Gasteiger partial charge is 0.259 e. The van der Waals surface area contributed by atoms with E-state index < -0.39 is 0 Å². The van der Waals surface area contributed by atoms with Gasteiger partial charge in [-0.3, -0.25) is 4.79 Å². The second kappa shape index (κ2) is 9.97. The number of aromatic nitrogens is 2. The standard InChI is InChI=1S/C21H23FN4O3.ClH/c1-28-11-10-23-8-9-24-20(27)16-12-17(13-4-6-15(22)7-5-13)25-21-18(16)19(26-29-21)14-2-3-14;/h4-7,12,14,23H,2-3,8-11H2,1H3,(H,24,27);1H. The molecule has 1 fully saturated rings. The first kappa shape index (κ1) is 22.1. The Hall–Kier alpha value is -2.55. The molecular formula is C21H24ClFN4O3. The normalized spacial score (nSPS) is 13.3. The van der Waals surface area contributed by atoms with Crippen LogP contribution in [0.4, 0.5) is 4.39 Å². The molecule has 4 rings (SSSR count). The van der Waals surface area contributed by atoms with E-state index in [1.165, 1.54) is 12.1 Å². The van der Waals surface area contributed by atoms with Gasteiger partial charge >= 0.3 is 0 Å². The minimum absolute atomic E-state index is 0. The van der Waals surface area contributed by atoms with E-state index >= 15 is 0 Å². The van der Waals surface area contributed by atoms with Crippen LogP contribution in [0.3, 0.4) is 0 Å². The molecule has 1 aliphatic carbocycles. The number of carbonyl (C=O) groups is 1. The predicted octanol–water partition coefficient (Wildman–Crippen LogP) is 3.29. The van der Waals surface area contributed by atoms with E-state index in [9.17, 15) is 9.18 Å². The lowest BCUT2D eigenvalue weighted by atomic mass is 10.0. The summed E-state index contributed by atoms with van der Waals surface area (Å²) in [6, 6.07) is 7.71. The monoisotopic (exact) mass is 434 g/mol. The average molecular weight is 435 g/mol. The lowest BCUT2D eigenvalue weighted by Crippen LogP contribution is -2.33. The molecule has 1 aliphatic rings. The maximum atomic E-state index is 13.3. The fraction of sp³-hybridized carbons (Fsp3) is 0.381. The van der Waals surface area contributed by atoms with Gasteiger partial charge in [0.2, 0.25) is 0 Å². The summed E-state index contributed by atoms with van der Waals surface area (Å²) >= 11 is 0. The van der Waals surface area contributed by atoms with Gasteiger partial charge in [-0.1, -0.05) is 5.16 Å². The van der Waals surface area contributed by atoms with Crippen LogP contribution in [0.1, 0.15) is 34.8 Å². The van der Waals surface area contributed by atoms with Crippen LogP contribution in [-0.2, 0) is 4.74 Å². The number of nitrogens with zero attached hydrogens (tertiary/aromatic N) is 2. The Balaban J connectivity index is 0.00000256. The van der Waals surface area contributed by atoms with Crippen LogP contribution in [0.2, 0.25) is 0 Å². The molecule has 2 N–H and O–H groups in total. The SMILES string of the molecule is COCCNCCNC(=O)c1cc(-c2ccc(F)cc2)nc2onc(C3CC3)c12.Cl. The van der Waals surface area contributed by atoms with Crippen LogP contribution in [0, 0.1) is 5.82 Å². The van der Waals surface area contributed by atoms with Crippen molar-refractivity contribution in [3.8, 4) is 11.3 Å². The molecule has 1 amide bonds. The summed E-state index contributed by atoms with van der Waals surface area (Å²) in [4.78, 5) is 17.5. The quantitative estimate of drug-likeness (QED) is 0.502. The summed E-state index contributed by atoms with van der Waals surface area (Å²) in [6.07, 6.45) is 2.07. The highest BCUT2D eigenvalue weighted by molar-refractivity contribution is 6.07. The molecule has 0 radical (unpaired) electrons. The van der Waals surface area contributed by atoms with Crippen LogP contribution in [-0.4, -0.2) is 49.4 Å². The molecule has 30 heavy (non-hydrogen) atoms. The summed E-state index contributed by atoms with van der Waals surface area (Å²) in [5, 5.41) is 11.0. The number of amides is 1. The third-order valence-electron chi connectivity index (χ3n) is 4.89. The number of nitrogens with one attached hydrogen (secondary N) is 2. The minimum atomic E-state index is -0.329. The van der Waals surface area contributed by atoms with Crippen molar-refractivity contribution in [2.45, 2.75) is 18.8 Å². The number of hydrogen-bond acceptors (Lipinski definition) is 6. The largest absolute Gasteiger partial charge is 0.383 e. The van der Waals surface area contributed by atoms with E-state index in [-0.39, 0.29) is 24.1 Å². The summed E-state index contributed by atoms with van der Waals surface area (Å²) in [6.45, 7) is 2.44. The van der Waals surface area contributed by atoms with E-state index in [1.807, 2.05) is 0 Å². The maximum absolute atomic E-state index is 13.3. The first-order chi connectivity index (χ1) is 14.2. The van der Waals surface area contributed by atoms with Crippen LogP contribution in [0.5, 0.6) is 0 Å². The van der Waals surface area contributed by atoms with Crippen molar-refractivity contribution in [3.05, 3.63) is 47.4 Å². The lowest BCUT2D eigenvalue weighted by Gasteiger charge is -2.09. The lowest BCUT2D eigenvalue weighted by molar-refractivity contribution is 0.0955. The molecule has 3 aromatic rings. The van der Waals surface area contributed by atoms with Gasteiger partial charge in [0, 0.05) is 38.2 Å². The third kappa shape index (κ3) is 4.95. The van der Waals surface area contributed by atoms with Gasteiger partial charge < -0.3 is 19.9 Å². The molecule has 0 atom stereocenters. The average Bonchev–Trinajstić information content (AvgIpc) is 3.49.